The Kier molecular flexibility index (Phi) is 4.88. The van der Waals surface area contributed by atoms with Crippen LogP contribution < -0.4 is 10.1 Å². The Labute approximate surface area is 147 Å². The summed E-state index contributed by atoms with van der Waals surface area (Å²) in [5, 5.41) is 17.1. The number of nitrogens with one attached hydrogen (secondary N) is 1. The van der Waals surface area contributed by atoms with Gasteiger partial charge in [0.25, 0.3) is 17.5 Å². The second kappa shape index (κ2) is 7.43. The van der Waals surface area contributed by atoms with Crippen molar-refractivity contribution in [3.05, 3.63) is 70.0 Å². The van der Waals surface area contributed by atoms with E-state index in [2.05, 4.69) is 15.5 Å². The van der Waals surface area contributed by atoms with Crippen LogP contribution in [0.15, 0.2) is 53.1 Å². The van der Waals surface area contributed by atoms with Gasteiger partial charge in [-0.2, -0.15) is 4.98 Å². The largest absolute Gasteiger partial charge is 0.497 e. The van der Waals surface area contributed by atoms with Gasteiger partial charge >= 0.3 is 0 Å². The summed E-state index contributed by atoms with van der Waals surface area (Å²) in [5.41, 5.74) is 0.949. The predicted molar refractivity (Wildman–Crippen MR) is 90.6 cm³/mol. The minimum absolute atomic E-state index is 0.0650. The molecule has 0 atom stereocenters. The minimum Gasteiger partial charge on any atom is -0.497 e. The minimum atomic E-state index is -0.526. The molecule has 0 aliphatic rings. The maximum atomic E-state index is 12.1. The standard InChI is InChI=1S/C17H14N4O5/c1-25-14-8-4-12(5-9-14)17-19-15(20-26-17)10-18-16(22)11-2-6-13(7-3-11)21(23)24/h2-9H,10H2,1H3,(H,18,22). The zero-order chi connectivity index (χ0) is 18.5. The molecule has 0 radical (unpaired) electrons. The Morgan fingerprint density at radius 2 is 1.88 bits per heavy atom. The van der Waals surface area contributed by atoms with Gasteiger partial charge < -0.3 is 14.6 Å². The number of amides is 1. The zero-order valence-corrected chi connectivity index (χ0v) is 13.7. The maximum absolute atomic E-state index is 12.1. The Morgan fingerprint density at radius 3 is 2.50 bits per heavy atom. The van der Waals surface area contributed by atoms with Crippen LogP contribution in [0.3, 0.4) is 0 Å². The molecule has 0 aliphatic carbocycles. The Hall–Kier alpha value is -3.75. The molecule has 0 saturated heterocycles. The molecule has 1 N–H and O–H groups in total. The first-order valence-corrected chi connectivity index (χ1v) is 7.56. The highest BCUT2D eigenvalue weighted by Gasteiger charge is 2.12. The van der Waals surface area contributed by atoms with Crippen molar-refractivity contribution < 1.29 is 19.0 Å². The van der Waals surface area contributed by atoms with E-state index in [1.807, 2.05) is 0 Å². The van der Waals surface area contributed by atoms with Crippen LogP contribution in [0.25, 0.3) is 11.5 Å². The smallest absolute Gasteiger partial charge is 0.269 e. The first kappa shape index (κ1) is 17.1. The summed E-state index contributed by atoms with van der Waals surface area (Å²) in [5.74, 6) is 0.956. The second-order valence-electron chi connectivity index (χ2n) is 5.23. The molecule has 3 rings (SSSR count). The molecule has 0 aliphatic heterocycles. The van der Waals surface area contributed by atoms with Crippen LogP contribution in [0.5, 0.6) is 5.75 Å². The number of nitro benzene ring substituents is 1. The van der Waals surface area contributed by atoms with Gasteiger partial charge in [-0.1, -0.05) is 5.16 Å². The number of nitro groups is 1. The molecule has 0 spiro atoms. The van der Waals surface area contributed by atoms with Crippen molar-refractivity contribution in [2.75, 3.05) is 7.11 Å². The number of nitrogens with zero attached hydrogens (tertiary/aromatic N) is 3. The summed E-state index contributed by atoms with van der Waals surface area (Å²) in [7, 11) is 1.58. The van der Waals surface area contributed by atoms with E-state index < -0.39 is 10.8 Å². The van der Waals surface area contributed by atoms with Gasteiger partial charge in [-0.3, -0.25) is 14.9 Å². The first-order chi connectivity index (χ1) is 12.6. The van der Waals surface area contributed by atoms with Crippen LogP contribution in [0.2, 0.25) is 0 Å². The molecule has 9 heteroatoms. The summed E-state index contributed by atoms with van der Waals surface area (Å²) in [6.07, 6.45) is 0. The molecule has 0 saturated carbocycles. The van der Waals surface area contributed by atoms with Crippen molar-refractivity contribution in [2.45, 2.75) is 6.54 Å². The first-order valence-electron chi connectivity index (χ1n) is 7.56. The fourth-order valence-corrected chi connectivity index (χ4v) is 2.17. The van der Waals surface area contributed by atoms with E-state index in [-0.39, 0.29) is 12.2 Å². The van der Waals surface area contributed by atoms with Crippen molar-refractivity contribution in [2.24, 2.45) is 0 Å². The van der Waals surface area contributed by atoms with Gasteiger partial charge in [0.2, 0.25) is 0 Å². The van der Waals surface area contributed by atoms with Crippen molar-refractivity contribution in [3.8, 4) is 17.2 Å². The summed E-state index contributed by atoms with van der Waals surface area (Å²) >= 11 is 0. The van der Waals surface area contributed by atoms with Crippen LogP contribution in [0.1, 0.15) is 16.2 Å². The van der Waals surface area contributed by atoms with Crippen molar-refractivity contribution in [1.29, 1.82) is 0 Å². The third-order valence-corrected chi connectivity index (χ3v) is 3.55. The SMILES string of the molecule is COc1ccc(-c2nc(CNC(=O)c3ccc([N+](=O)[O-])cc3)no2)cc1. The number of methoxy groups -OCH3 is 1. The van der Waals surface area contributed by atoms with E-state index in [1.54, 1.807) is 31.4 Å². The van der Waals surface area contributed by atoms with E-state index in [1.165, 1.54) is 24.3 Å². The molecule has 0 bridgehead atoms. The third-order valence-electron chi connectivity index (χ3n) is 3.55. The number of ether oxygens (including phenoxy) is 1. The summed E-state index contributed by atoms with van der Waals surface area (Å²) in [6, 6.07) is 12.4. The molecule has 132 valence electrons. The molecular weight excluding hydrogens is 340 g/mol. The van der Waals surface area contributed by atoms with E-state index in [9.17, 15) is 14.9 Å². The van der Waals surface area contributed by atoms with Crippen LogP contribution in [0, 0.1) is 10.1 Å². The van der Waals surface area contributed by atoms with E-state index in [0.717, 1.165) is 5.56 Å². The van der Waals surface area contributed by atoms with E-state index in [4.69, 9.17) is 9.26 Å². The van der Waals surface area contributed by atoms with Crippen LogP contribution in [0.4, 0.5) is 5.69 Å². The van der Waals surface area contributed by atoms with E-state index in [0.29, 0.717) is 23.0 Å². The average Bonchev–Trinajstić information content (AvgIpc) is 3.15. The van der Waals surface area contributed by atoms with Crippen molar-refractivity contribution >= 4 is 11.6 Å². The topological polar surface area (TPSA) is 120 Å². The number of hydrogen-bond acceptors (Lipinski definition) is 7. The summed E-state index contributed by atoms with van der Waals surface area (Å²) in [6.45, 7) is 0.0650. The van der Waals surface area contributed by atoms with Gasteiger partial charge in [0.15, 0.2) is 5.82 Å². The predicted octanol–water partition coefficient (Wildman–Crippen LogP) is 2.58. The van der Waals surface area contributed by atoms with Crippen LogP contribution in [-0.2, 0) is 6.54 Å². The molecule has 0 unspecified atom stereocenters. The van der Waals surface area contributed by atoms with Crippen LogP contribution in [-0.4, -0.2) is 28.1 Å². The Bertz CT molecular complexity index is 919. The van der Waals surface area contributed by atoms with E-state index >= 15 is 0 Å². The van der Waals surface area contributed by atoms with Crippen molar-refractivity contribution in [1.82, 2.24) is 15.5 Å². The van der Waals surface area contributed by atoms with Gasteiger partial charge in [-0.25, -0.2) is 0 Å². The van der Waals surface area contributed by atoms with Gasteiger partial charge in [0.05, 0.1) is 18.6 Å². The molecule has 26 heavy (non-hydrogen) atoms. The number of carbonyl (C=O) groups is 1. The number of rotatable bonds is 6. The number of carbonyl (C=O) groups excluding carboxylic acids is 1. The molecular formula is C17H14N4O5. The molecule has 1 heterocycles. The Balaban J connectivity index is 1.62. The number of non-ortho nitro benzene ring substituents is 1. The summed E-state index contributed by atoms with van der Waals surface area (Å²) < 4.78 is 10.3. The molecule has 3 aromatic rings. The lowest BCUT2D eigenvalue weighted by atomic mass is 10.2. The zero-order valence-electron chi connectivity index (χ0n) is 13.7. The number of hydrogen-bond donors (Lipinski definition) is 1. The monoisotopic (exact) mass is 354 g/mol. The molecule has 2 aromatic carbocycles. The normalized spacial score (nSPS) is 10.3. The lowest BCUT2D eigenvalue weighted by Gasteiger charge is -2.02. The van der Waals surface area contributed by atoms with Crippen molar-refractivity contribution in [3.63, 3.8) is 0 Å². The highest BCUT2D eigenvalue weighted by molar-refractivity contribution is 5.94. The average molecular weight is 354 g/mol. The quantitative estimate of drug-likeness (QED) is 0.533. The summed E-state index contributed by atoms with van der Waals surface area (Å²) in [4.78, 5) is 26.4. The maximum Gasteiger partial charge on any atom is 0.269 e. The number of aromatic nitrogens is 2. The lowest BCUT2D eigenvalue weighted by Crippen LogP contribution is -2.23. The molecule has 0 fully saturated rings. The fraction of sp³-hybridized carbons (Fsp3) is 0.118. The van der Waals surface area contributed by atoms with Gasteiger partial charge in [0.1, 0.15) is 5.75 Å². The lowest BCUT2D eigenvalue weighted by molar-refractivity contribution is -0.384. The van der Waals surface area contributed by atoms with Crippen LogP contribution >= 0.6 is 0 Å². The molecule has 1 amide bonds. The third kappa shape index (κ3) is 3.83. The molecule has 9 nitrogen and oxygen atoms in total. The molecule has 1 aromatic heterocycles. The Morgan fingerprint density at radius 1 is 1.19 bits per heavy atom. The fourth-order valence-electron chi connectivity index (χ4n) is 2.17. The van der Waals surface area contributed by atoms with Gasteiger partial charge in [-0.05, 0) is 36.4 Å². The van der Waals surface area contributed by atoms with Gasteiger partial charge in [0, 0.05) is 23.3 Å². The van der Waals surface area contributed by atoms with Gasteiger partial charge in [-0.15, -0.1) is 0 Å². The second-order valence-corrected chi connectivity index (χ2v) is 5.23. The number of benzene rings is 2. The highest BCUT2D eigenvalue weighted by atomic mass is 16.6. The highest BCUT2D eigenvalue weighted by Crippen LogP contribution is 2.20.